The van der Waals surface area contributed by atoms with E-state index in [2.05, 4.69) is 4.72 Å². The number of carbonyl (C=O) groups excluding carboxylic acids is 1. The topological polar surface area (TPSA) is 75.7 Å². The normalized spacial score (nSPS) is 13.8. The molecular weight excluding hydrogens is 364 g/mol. The average molecular weight is 381 g/mol. The van der Waals surface area contributed by atoms with E-state index >= 15 is 0 Å². The van der Waals surface area contributed by atoms with Gasteiger partial charge in [-0.2, -0.15) is 0 Å². The van der Waals surface area contributed by atoms with E-state index in [-0.39, 0.29) is 15.8 Å². The van der Waals surface area contributed by atoms with Gasteiger partial charge >= 0.3 is 0 Å². The van der Waals surface area contributed by atoms with Crippen molar-refractivity contribution < 1.29 is 17.9 Å². The third kappa shape index (κ3) is 3.43. The number of rotatable bonds is 3. The molecule has 1 amide bonds. The molecule has 1 aliphatic rings. The summed E-state index contributed by atoms with van der Waals surface area (Å²) in [5.74, 6) is 0.158. The van der Waals surface area contributed by atoms with Crippen LogP contribution in [0.5, 0.6) is 5.75 Å². The number of ether oxygens (including phenoxy) is 1. The Hall–Kier alpha value is -2.25. The molecule has 0 saturated carbocycles. The number of halogens is 1. The van der Waals surface area contributed by atoms with Crippen molar-refractivity contribution in [2.24, 2.45) is 0 Å². The molecule has 8 heteroatoms. The lowest BCUT2D eigenvalue weighted by Crippen LogP contribution is -2.36. The molecule has 0 bridgehead atoms. The van der Waals surface area contributed by atoms with Crippen molar-refractivity contribution in [1.29, 1.82) is 0 Å². The van der Waals surface area contributed by atoms with Gasteiger partial charge < -0.3 is 9.64 Å². The fraction of sp³-hybridized carbons (Fsp3) is 0.235. The number of nitrogens with zero attached hydrogens (tertiary/aromatic N) is 1. The number of para-hydroxylation sites is 1. The number of carbonyl (C=O) groups is 1. The van der Waals surface area contributed by atoms with Gasteiger partial charge in [-0.05, 0) is 24.6 Å². The Kier molecular flexibility index (Phi) is 4.62. The van der Waals surface area contributed by atoms with Crippen LogP contribution in [0.3, 0.4) is 0 Å². The van der Waals surface area contributed by atoms with Crippen molar-refractivity contribution in [2.45, 2.75) is 18.7 Å². The quantitative estimate of drug-likeness (QED) is 0.887. The SMILES string of the molecule is CC(=O)N1CCOc2cc(S(=O)(=O)Nc3ccccc3C)c(Cl)cc21. The minimum atomic E-state index is -3.90. The molecule has 0 aromatic heterocycles. The van der Waals surface area contributed by atoms with Crippen molar-refractivity contribution in [1.82, 2.24) is 0 Å². The smallest absolute Gasteiger partial charge is 0.263 e. The summed E-state index contributed by atoms with van der Waals surface area (Å²) in [6.07, 6.45) is 0. The minimum Gasteiger partial charge on any atom is -0.489 e. The maximum Gasteiger partial charge on any atom is 0.263 e. The van der Waals surface area contributed by atoms with Gasteiger partial charge in [0.1, 0.15) is 17.3 Å². The molecule has 6 nitrogen and oxygen atoms in total. The van der Waals surface area contributed by atoms with Crippen LogP contribution in [0.15, 0.2) is 41.3 Å². The van der Waals surface area contributed by atoms with Crippen molar-refractivity contribution in [3.63, 3.8) is 0 Å². The zero-order valence-electron chi connectivity index (χ0n) is 13.7. The van der Waals surface area contributed by atoms with E-state index in [0.29, 0.717) is 30.3 Å². The van der Waals surface area contributed by atoms with Crippen molar-refractivity contribution in [3.8, 4) is 5.75 Å². The van der Waals surface area contributed by atoms with E-state index < -0.39 is 10.0 Å². The van der Waals surface area contributed by atoms with Crippen molar-refractivity contribution in [2.75, 3.05) is 22.8 Å². The molecule has 0 unspecified atom stereocenters. The molecule has 1 aliphatic heterocycles. The molecule has 0 spiro atoms. The summed E-state index contributed by atoms with van der Waals surface area (Å²) >= 11 is 6.21. The standard InChI is InChI=1S/C17H17ClN2O4S/c1-11-5-3-4-6-14(11)19-25(22,23)17-10-16-15(9-13(17)18)20(12(2)21)7-8-24-16/h3-6,9-10,19H,7-8H2,1-2H3. The lowest BCUT2D eigenvalue weighted by atomic mass is 10.2. The lowest BCUT2D eigenvalue weighted by molar-refractivity contribution is -0.116. The molecule has 132 valence electrons. The lowest BCUT2D eigenvalue weighted by Gasteiger charge is -2.29. The van der Waals surface area contributed by atoms with E-state index in [1.165, 1.54) is 24.0 Å². The number of hydrogen-bond donors (Lipinski definition) is 1. The number of amides is 1. The van der Waals surface area contributed by atoms with Crippen LogP contribution >= 0.6 is 11.6 Å². The van der Waals surface area contributed by atoms with Crippen LogP contribution < -0.4 is 14.4 Å². The van der Waals surface area contributed by atoms with Gasteiger partial charge in [-0.3, -0.25) is 9.52 Å². The number of benzene rings is 2. The second kappa shape index (κ2) is 6.57. The molecule has 0 atom stereocenters. The zero-order chi connectivity index (χ0) is 18.2. The Morgan fingerprint density at radius 3 is 2.68 bits per heavy atom. The van der Waals surface area contributed by atoms with Gasteiger partial charge in [0.25, 0.3) is 10.0 Å². The maximum atomic E-state index is 12.7. The van der Waals surface area contributed by atoms with Crippen LogP contribution in [0.1, 0.15) is 12.5 Å². The molecule has 0 radical (unpaired) electrons. The van der Waals surface area contributed by atoms with E-state index in [1.54, 1.807) is 25.1 Å². The highest BCUT2D eigenvalue weighted by molar-refractivity contribution is 7.92. The second-order valence-corrected chi connectivity index (χ2v) is 7.75. The van der Waals surface area contributed by atoms with Crippen LogP contribution in [-0.2, 0) is 14.8 Å². The van der Waals surface area contributed by atoms with Gasteiger partial charge in [-0.25, -0.2) is 8.42 Å². The largest absolute Gasteiger partial charge is 0.489 e. The summed E-state index contributed by atoms with van der Waals surface area (Å²) in [6.45, 7) is 3.93. The van der Waals surface area contributed by atoms with E-state index in [1.807, 2.05) is 6.07 Å². The summed E-state index contributed by atoms with van der Waals surface area (Å²) in [7, 11) is -3.90. The van der Waals surface area contributed by atoms with E-state index in [4.69, 9.17) is 16.3 Å². The van der Waals surface area contributed by atoms with Gasteiger partial charge in [-0.15, -0.1) is 0 Å². The summed E-state index contributed by atoms with van der Waals surface area (Å²) in [5, 5.41) is 0.0246. The van der Waals surface area contributed by atoms with Crippen molar-refractivity contribution >= 4 is 38.9 Å². The van der Waals surface area contributed by atoms with Crippen LogP contribution in [0.2, 0.25) is 5.02 Å². The molecule has 0 saturated heterocycles. The summed E-state index contributed by atoms with van der Waals surface area (Å²) in [5.41, 5.74) is 1.74. The van der Waals surface area contributed by atoms with Crippen LogP contribution in [0, 0.1) is 6.92 Å². The summed E-state index contributed by atoms with van der Waals surface area (Å²) < 4.78 is 33.5. The maximum absolute atomic E-state index is 12.7. The van der Waals surface area contributed by atoms with Crippen LogP contribution in [0.25, 0.3) is 0 Å². The Balaban J connectivity index is 2.03. The molecule has 0 fully saturated rings. The molecule has 25 heavy (non-hydrogen) atoms. The molecular formula is C17H17ClN2O4S. The predicted molar refractivity (Wildman–Crippen MR) is 97.0 cm³/mol. The Labute approximate surface area is 151 Å². The van der Waals surface area contributed by atoms with Gasteiger partial charge in [0.05, 0.1) is 22.9 Å². The Bertz CT molecular complexity index is 944. The van der Waals surface area contributed by atoms with Gasteiger partial charge in [0, 0.05) is 13.0 Å². The van der Waals surface area contributed by atoms with Crippen LogP contribution in [0.4, 0.5) is 11.4 Å². The van der Waals surface area contributed by atoms with Gasteiger partial charge in [-0.1, -0.05) is 29.8 Å². The fourth-order valence-corrected chi connectivity index (χ4v) is 4.31. The highest BCUT2D eigenvalue weighted by Gasteiger charge is 2.27. The first-order valence-corrected chi connectivity index (χ1v) is 9.48. The monoisotopic (exact) mass is 380 g/mol. The van der Waals surface area contributed by atoms with Crippen LogP contribution in [-0.4, -0.2) is 27.5 Å². The number of nitrogens with one attached hydrogen (secondary N) is 1. The first-order valence-electron chi connectivity index (χ1n) is 7.62. The first-order chi connectivity index (χ1) is 11.8. The third-order valence-corrected chi connectivity index (χ3v) is 5.77. The number of aryl methyl sites for hydroxylation is 1. The predicted octanol–water partition coefficient (Wildman–Crippen LogP) is 3.19. The Morgan fingerprint density at radius 2 is 2.00 bits per heavy atom. The molecule has 3 rings (SSSR count). The number of sulfonamides is 1. The van der Waals surface area contributed by atoms with Gasteiger partial charge in [0.15, 0.2) is 0 Å². The Morgan fingerprint density at radius 1 is 1.28 bits per heavy atom. The average Bonchev–Trinajstić information content (AvgIpc) is 2.55. The minimum absolute atomic E-state index is 0.0246. The molecule has 2 aromatic rings. The second-order valence-electron chi connectivity index (χ2n) is 5.69. The van der Waals surface area contributed by atoms with Crippen molar-refractivity contribution in [3.05, 3.63) is 47.0 Å². The molecule has 2 aromatic carbocycles. The van der Waals surface area contributed by atoms with Gasteiger partial charge in [0.2, 0.25) is 5.91 Å². The summed E-state index contributed by atoms with van der Waals surface area (Å²) in [4.78, 5) is 13.1. The molecule has 0 aliphatic carbocycles. The van der Waals surface area contributed by atoms with E-state index in [9.17, 15) is 13.2 Å². The first kappa shape index (κ1) is 17.6. The molecule has 1 heterocycles. The van der Waals surface area contributed by atoms with E-state index in [0.717, 1.165) is 5.56 Å². The molecule has 1 N–H and O–H groups in total. The third-order valence-electron chi connectivity index (χ3n) is 3.94. The fourth-order valence-electron chi connectivity index (χ4n) is 2.64. The zero-order valence-corrected chi connectivity index (χ0v) is 15.3. The number of fused-ring (bicyclic) bond motifs is 1. The number of anilines is 2. The highest BCUT2D eigenvalue weighted by atomic mass is 35.5. The number of hydrogen-bond acceptors (Lipinski definition) is 4. The summed E-state index contributed by atoms with van der Waals surface area (Å²) in [6, 6.07) is 9.85. The highest BCUT2D eigenvalue weighted by Crippen LogP contribution is 2.38.